The average Bonchev–Trinajstić information content (AvgIpc) is 2.97. The third kappa shape index (κ3) is 2.28. The number of aliphatic imine (C=N–C) groups is 1. The Bertz CT molecular complexity index is 618. The van der Waals surface area contributed by atoms with Crippen LogP contribution in [-0.4, -0.2) is 12.5 Å². The summed E-state index contributed by atoms with van der Waals surface area (Å²) in [7, 11) is 0. The van der Waals surface area contributed by atoms with Crippen LogP contribution < -0.4 is 10.6 Å². The van der Waals surface area contributed by atoms with Crippen molar-refractivity contribution in [2.75, 3.05) is 11.4 Å². The van der Waals surface area contributed by atoms with Crippen LogP contribution in [-0.2, 0) is 0 Å². The summed E-state index contributed by atoms with van der Waals surface area (Å²) >= 11 is 5.23. The summed E-state index contributed by atoms with van der Waals surface area (Å²) in [5, 5.41) is 2.12. The molecule has 1 aliphatic rings. The zero-order valence-corrected chi connectivity index (χ0v) is 12.9. The Labute approximate surface area is 124 Å². The lowest BCUT2D eigenvalue weighted by Crippen LogP contribution is -2.36. The van der Waals surface area contributed by atoms with Gasteiger partial charge in [-0.3, -0.25) is 4.99 Å². The maximum atomic E-state index is 6.06. The van der Waals surface area contributed by atoms with E-state index < -0.39 is 0 Å². The first-order chi connectivity index (χ1) is 9.16. The van der Waals surface area contributed by atoms with Gasteiger partial charge in [-0.25, -0.2) is 0 Å². The molecule has 98 valence electrons. The van der Waals surface area contributed by atoms with Crippen LogP contribution in [0.2, 0.25) is 0 Å². The number of halogens is 1. The molecule has 0 fully saturated rings. The lowest BCUT2D eigenvalue weighted by atomic mass is 10.1. The number of nitrogens with two attached hydrogens (primary N) is 1. The van der Waals surface area contributed by atoms with Crippen molar-refractivity contribution in [3.05, 3.63) is 50.6 Å². The minimum Gasteiger partial charge on any atom is -0.369 e. The molecule has 0 saturated carbocycles. The molecule has 1 aromatic carbocycles. The number of hydrogen-bond acceptors (Lipinski definition) is 4. The van der Waals surface area contributed by atoms with Crippen LogP contribution in [0.15, 0.2) is 45.2 Å². The van der Waals surface area contributed by atoms with Crippen LogP contribution in [0.5, 0.6) is 0 Å². The van der Waals surface area contributed by atoms with Crippen LogP contribution in [0.25, 0.3) is 0 Å². The first kappa shape index (κ1) is 12.7. The van der Waals surface area contributed by atoms with Gasteiger partial charge in [0.15, 0.2) is 5.96 Å². The first-order valence-electron chi connectivity index (χ1n) is 6.05. The Hall–Kier alpha value is -1.33. The van der Waals surface area contributed by atoms with Crippen LogP contribution in [0, 0.1) is 6.92 Å². The van der Waals surface area contributed by atoms with Gasteiger partial charge in [0.1, 0.15) is 0 Å². The largest absolute Gasteiger partial charge is 0.369 e. The number of hydrogen-bond donors (Lipinski definition) is 1. The Morgan fingerprint density at radius 2 is 2.05 bits per heavy atom. The highest BCUT2D eigenvalue weighted by molar-refractivity contribution is 9.10. The van der Waals surface area contributed by atoms with Crippen molar-refractivity contribution >= 4 is 38.9 Å². The normalized spacial score (nSPS) is 18.7. The lowest BCUT2D eigenvalue weighted by molar-refractivity contribution is 0.779. The van der Waals surface area contributed by atoms with Crippen molar-refractivity contribution in [1.82, 2.24) is 0 Å². The van der Waals surface area contributed by atoms with Gasteiger partial charge in [-0.1, -0.05) is 15.9 Å². The molecule has 5 heteroatoms. The summed E-state index contributed by atoms with van der Waals surface area (Å²) in [5.41, 5.74) is 8.45. The molecule has 1 unspecified atom stereocenters. The molecule has 19 heavy (non-hydrogen) atoms. The average molecular weight is 336 g/mol. The van der Waals surface area contributed by atoms with E-state index >= 15 is 0 Å². The Morgan fingerprint density at radius 1 is 1.32 bits per heavy atom. The van der Waals surface area contributed by atoms with Crippen molar-refractivity contribution in [2.45, 2.75) is 13.0 Å². The molecule has 0 radical (unpaired) electrons. The van der Waals surface area contributed by atoms with E-state index in [-0.39, 0.29) is 6.04 Å². The van der Waals surface area contributed by atoms with Gasteiger partial charge in [-0.2, -0.15) is 0 Å². The van der Waals surface area contributed by atoms with Crippen LogP contribution in [0.1, 0.15) is 16.5 Å². The highest BCUT2D eigenvalue weighted by Gasteiger charge is 2.30. The molecule has 1 aromatic heterocycles. The van der Waals surface area contributed by atoms with Gasteiger partial charge in [0.2, 0.25) is 0 Å². The predicted octanol–water partition coefficient (Wildman–Crippen LogP) is 3.70. The monoisotopic (exact) mass is 335 g/mol. The van der Waals surface area contributed by atoms with E-state index in [1.807, 2.05) is 12.1 Å². The highest BCUT2D eigenvalue weighted by atomic mass is 79.9. The third-order valence-electron chi connectivity index (χ3n) is 3.29. The summed E-state index contributed by atoms with van der Waals surface area (Å²) < 4.78 is 1.06. The van der Waals surface area contributed by atoms with E-state index in [9.17, 15) is 0 Å². The molecule has 0 aliphatic carbocycles. The van der Waals surface area contributed by atoms with E-state index in [0.717, 1.165) is 16.7 Å². The molecule has 2 N–H and O–H groups in total. The van der Waals surface area contributed by atoms with Gasteiger partial charge >= 0.3 is 0 Å². The second kappa shape index (κ2) is 4.98. The maximum Gasteiger partial charge on any atom is 0.196 e. The molecule has 0 saturated heterocycles. The molecule has 1 atom stereocenters. The predicted molar refractivity (Wildman–Crippen MR) is 84.9 cm³/mol. The second-order valence-corrected chi connectivity index (χ2v) is 6.39. The molecular formula is C14H14BrN3S. The van der Waals surface area contributed by atoms with Crippen LogP contribution in [0.3, 0.4) is 0 Å². The van der Waals surface area contributed by atoms with Crippen LogP contribution in [0.4, 0.5) is 5.69 Å². The highest BCUT2D eigenvalue weighted by Crippen LogP contribution is 2.35. The van der Waals surface area contributed by atoms with Gasteiger partial charge in [0, 0.05) is 15.0 Å². The summed E-state index contributed by atoms with van der Waals surface area (Å²) in [6.07, 6.45) is 0. The van der Waals surface area contributed by atoms with Gasteiger partial charge < -0.3 is 10.6 Å². The minimum absolute atomic E-state index is 0.223. The van der Waals surface area contributed by atoms with Crippen LogP contribution >= 0.6 is 27.3 Å². The third-order valence-corrected chi connectivity index (χ3v) is 4.94. The van der Waals surface area contributed by atoms with Crippen molar-refractivity contribution < 1.29 is 0 Å². The Morgan fingerprint density at radius 3 is 2.68 bits per heavy atom. The fourth-order valence-corrected chi connectivity index (χ4v) is 3.61. The molecular weight excluding hydrogens is 322 g/mol. The van der Waals surface area contributed by atoms with Gasteiger partial charge in [-0.05, 0) is 48.2 Å². The van der Waals surface area contributed by atoms with Gasteiger partial charge in [0.25, 0.3) is 0 Å². The van der Waals surface area contributed by atoms with E-state index in [1.54, 1.807) is 11.3 Å². The summed E-state index contributed by atoms with van der Waals surface area (Å²) in [6, 6.07) is 10.6. The number of rotatable bonds is 2. The second-order valence-electron chi connectivity index (χ2n) is 4.53. The zero-order valence-electron chi connectivity index (χ0n) is 10.5. The number of aryl methyl sites for hydroxylation is 1. The van der Waals surface area contributed by atoms with E-state index in [1.165, 1.54) is 10.4 Å². The number of thiophene rings is 1. The number of benzene rings is 1. The molecule has 2 heterocycles. The standard InChI is InChI=1S/C14H14BrN3S/c1-9-6-7-19-13(9)12-8-17-14(16)18(12)11-4-2-10(15)3-5-11/h2-7,12H,8H2,1H3,(H2,16,17). The topological polar surface area (TPSA) is 41.6 Å². The SMILES string of the molecule is Cc1ccsc1C1CN=C(N)N1c1ccc(Br)cc1. The molecule has 1 aliphatic heterocycles. The summed E-state index contributed by atoms with van der Waals surface area (Å²) in [4.78, 5) is 7.87. The summed E-state index contributed by atoms with van der Waals surface area (Å²) in [6.45, 7) is 2.86. The molecule has 0 spiro atoms. The Balaban J connectivity index is 1.99. The van der Waals surface area contributed by atoms with Crippen molar-refractivity contribution in [1.29, 1.82) is 0 Å². The van der Waals surface area contributed by atoms with E-state index in [2.05, 4.69) is 56.3 Å². The number of nitrogens with zero attached hydrogens (tertiary/aromatic N) is 2. The smallest absolute Gasteiger partial charge is 0.196 e. The molecule has 0 amide bonds. The number of anilines is 1. The first-order valence-corrected chi connectivity index (χ1v) is 7.73. The minimum atomic E-state index is 0.223. The van der Waals surface area contributed by atoms with Gasteiger partial charge in [-0.15, -0.1) is 11.3 Å². The molecule has 3 rings (SSSR count). The lowest BCUT2D eigenvalue weighted by Gasteiger charge is -2.26. The molecule has 3 nitrogen and oxygen atoms in total. The van der Waals surface area contributed by atoms with Crippen molar-refractivity contribution in [2.24, 2.45) is 10.7 Å². The fourth-order valence-electron chi connectivity index (χ4n) is 2.34. The van der Waals surface area contributed by atoms with Crippen molar-refractivity contribution in [3.8, 4) is 0 Å². The zero-order chi connectivity index (χ0) is 13.4. The Kier molecular flexibility index (Phi) is 3.33. The summed E-state index contributed by atoms with van der Waals surface area (Å²) in [5.74, 6) is 0.597. The quantitative estimate of drug-likeness (QED) is 0.909. The van der Waals surface area contributed by atoms with Crippen molar-refractivity contribution in [3.63, 3.8) is 0 Å². The van der Waals surface area contributed by atoms with E-state index in [0.29, 0.717) is 5.96 Å². The number of guanidine groups is 1. The molecule has 0 bridgehead atoms. The molecule has 2 aromatic rings. The van der Waals surface area contributed by atoms with Gasteiger partial charge in [0.05, 0.1) is 12.6 Å². The maximum absolute atomic E-state index is 6.06. The van der Waals surface area contributed by atoms with E-state index in [4.69, 9.17) is 5.73 Å². The fraction of sp³-hybridized carbons (Fsp3) is 0.214.